The van der Waals surface area contributed by atoms with Crippen molar-refractivity contribution in [1.82, 2.24) is 20.4 Å². The van der Waals surface area contributed by atoms with Crippen molar-refractivity contribution in [3.8, 4) is 0 Å². The minimum absolute atomic E-state index is 0.0165. The molecule has 53 heavy (non-hydrogen) atoms. The molecule has 286 valence electrons. The third kappa shape index (κ3) is 7.59. The van der Waals surface area contributed by atoms with E-state index >= 15 is 0 Å². The largest absolute Gasteiger partial charge is 0.449 e. The van der Waals surface area contributed by atoms with Crippen LogP contribution in [0.25, 0.3) is 0 Å². The molecular weight excluding hydrogens is 695 g/mol. The molecule has 7 rings (SSSR count). The predicted octanol–water partition coefficient (Wildman–Crippen LogP) is 5.59. The highest BCUT2D eigenvalue weighted by Gasteiger charge is 2.66. The van der Waals surface area contributed by atoms with E-state index in [1.165, 1.54) is 10.5 Å². The number of hydrogen-bond acceptors (Lipinski definition) is 7. The summed E-state index contributed by atoms with van der Waals surface area (Å²) in [6.07, 6.45) is 5.92. The zero-order valence-electron chi connectivity index (χ0n) is 30.8. The molecule has 7 atom stereocenters. The molecule has 3 fully saturated rings. The second-order valence-corrected chi connectivity index (χ2v) is 18.4. The van der Waals surface area contributed by atoms with Crippen molar-refractivity contribution >= 4 is 36.7 Å². The maximum atomic E-state index is 14.6. The lowest BCUT2D eigenvalue weighted by Gasteiger charge is -2.33. The molecule has 2 saturated carbocycles. The van der Waals surface area contributed by atoms with E-state index in [9.17, 15) is 28.6 Å². The van der Waals surface area contributed by atoms with Crippen LogP contribution in [0.4, 0.5) is 9.59 Å². The summed E-state index contributed by atoms with van der Waals surface area (Å²) in [5.41, 5.74) is 3.43. The maximum Gasteiger partial charge on any atom is 0.410 e. The number of nitrogens with zero attached hydrogens (tertiary/aromatic N) is 2. The number of alkyl carbamates (subject to hydrolysis) is 1. The fraction of sp³-hybridized carbons (Fsp3) is 0.600. The molecule has 4 bridgehead atoms. The zero-order chi connectivity index (χ0) is 37.3. The van der Waals surface area contributed by atoms with Crippen LogP contribution in [-0.2, 0) is 43.1 Å². The molecule has 0 spiro atoms. The van der Waals surface area contributed by atoms with Crippen molar-refractivity contribution in [3.05, 3.63) is 65.2 Å². The summed E-state index contributed by atoms with van der Waals surface area (Å²) in [5.74, 6) is -1.27. The Kier molecular flexibility index (Phi) is 10.9. The lowest BCUT2D eigenvalue weighted by molar-refractivity contribution is -0.141. The molecule has 13 heteroatoms. The predicted molar refractivity (Wildman–Crippen MR) is 198 cm³/mol. The van der Waals surface area contributed by atoms with Gasteiger partial charge in [0, 0.05) is 24.8 Å². The topological polar surface area (TPSA) is 155 Å². The second kappa shape index (κ2) is 15.5. The number of amides is 4. The monoisotopic (exact) mass is 748 g/mol. The Morgan fingerprint density at radius 3 is 2.47 bits per heavy atom. The van der Waals surface area contributed by atoms with Gasteiger partial charge in [0.2, 0.25) is 11.8 Å². The fourth-order valence-corrected chi connectivity index (χ4v) is 11.6. The smallest absolute Gasteiger partial charge is 0.410 e. The molecule has 2 aromatic carbocycles. The lowest BCUT2D eigenvalue weighted by atomic mass is 9.96. The van der Waals surface area contributed by atoms with E-state index in [-0.39, 0.29) is 42.6 Å². The molecule has 1 unspecified atom stereocenters. The lowest BCUT2D eigenvalue weighted by Crippen LogP contribution is -2.57. The third-order valence-electron chi connectivity index (χ3n) is 12.3. The molecule has 5 aliphatic rings. The molecule has 3 heterocycles. The quantitative estimate of drug-likeness (QED) is 0.323. The summed E-state index contributed by atoms with van der Waals surface area (Å²) in [6, 6.07) is 12.5. The Bertz CT molecular complexity index is 1750. The van der Waals surface area contributed by atoms with Gasteiger partial charge in [-0.3, -0.25) is 19.1 Å². The van der Waals surface area contributed by atoms with Crippen molar-refractivity contribution < 1.29 is 38.1 Å². The van der Waals surface area contributed by atoms with Gasteiger partial charge in [0.1, 0.15) is 23.5 Å². The first-order valence-electron chi connectivity index (χ1n) is 19.5. The van der Waals surface area contributed by atoms with Gasteiger partial charge in [0.05, 0.1) is 13.2 Å². The number of cyclic esters (lactones) is 1. The molecule has 4 amide bonds. The van der Waals surface area contributed by atoms with Crippen LogP contribution >= 0.6 is 7.37 Å². The average Bonchev–Trinajstić information content (AvgIpc) is 3.57. The number of benzene rings is 2. The molecular formula is C40H53N4O8P. The van der Waals surface area contributed by atoms with Gasteiger partial charge in [-0.25, -0.2) is 9.59 Å². The third-order valence-corrected chi connectivity index (χ3v) is 15.0. The number of carbonyl (C=O) groups excluding carboxylic acids is 4. The highest BCUT2D eigenvalue weighted by Crippen LogP contribution is 2.69. The molecule has 3 aliphatic heterocycles. The van der Waals surface area contributed by atoms with Crippen LogP contribution in [0.1, 0.15) is 94.7 Å². The number of ether oxygens (including phenoxy) is 2. The van der Waals surface area contributed by atoms with Crippen LogP contribution in [0.15, 0.2) is 48.5 Å². The Balaban J connectivity index is 1.18. The van der Waals surface area contributed by atoms with Crippen LogP contribution in [0.5, 0.6) is 0 Å². The minimum atomic E-state index is -4.11. The number of carbonyl (C=O) groups is 4. The molecule has 1 saturated heterocycles. The van der Waals surface area contributed by atoms with E-state index in [0.717, 1.165) is 62.5 Å². The maximum absolute atomic E-state index is 14.6. The van der Waals surface area contributed by atoms with E-state index in [4.69, 9.17) is 9.47 Å². The summed E-state index contributed by atoms with van der Waals surface area (Å²) in [4.78, 5) is 70.8. The number of rotatable bonds is 6. The Morgan fingerprint density at radius 1 is 1.00 bits per heavy atom. The summed E-state index contributed by atoms with van der Waals surface area (Å²) in [5, 5.41) is 4.72. The van der Waals surface area contributed by atoms with Crippen LogP contribution < -0.4 is 15.9 Å². The van der Waals surface area contributed by atoms with Crippen molar-refractivity contribution in [3.63, 3.8) is 0 Å². The molecule has 0 aromatic heterocycles. The first-order valence-corrected chi connectivity index (χ1v) is 21.2. The summed E-state index contributed by atoms with van der Waals surface area (Å²) in [7, 11) is -4.11. The van der Waals surface area contributed by atoms with Gasteiger partial charge in [-0.15, -0.1) is 0 Å². The van der Waals surface area contributed by atoms with Gasteiger partial charge in [0.25, 0.3) is 7.37 Å². The van der Waals surface area contributed by atoms with E-state index < -0.39 is 54.8 Å². The van der Waals surface area contributed by atoms with E-state index in [2.05, 4.69) is 23.6 Å². The van der Waals surface area contributed by atoms with E-state index in [0.29, 0.717) is 25.9 Å². The van der Waals surface area contributed by atoms with Gasteiger partial charge in [-0.2, -0.15) is 0 Å². The van der Waals surface area contributed by atoms with Gasteiger partial charge in [-0.1, -0.05) is 75.9 Å². The number of fused-ring (bicyclic) bond motifs is 3. The van der Waals surface area contributed by atoms with Crippen LogP contribution in [0, 0.1) is 17.8 Å². The normalized spacial score (nSPS) is 30.9. The summed E-state index contributed by atoms with van der Waals surface area (Å²) < 4.78 is 25.9. The van der Waals surface area contributed by atoms with Crippen molar-refractivity contribution in [1.29, 1.82) is 0 Å². The van der Waals surface area contributed by atoms with Crippen molar-refractivity contribution in [2.45, 2.75) is 121 Å². The molecule has 3 N–H and O–H groups in total. The van der Waals surface area contributed by atoms with Gasteiger partial charge in [0.15, 0.2) is 0 Å². The van der Waals surface area contributed by atoms with Crippen molar-refractivity contribution in [2.24, 2.45) is 17.8 Å². The summed E-state index contributed by atoms with van der Waals surface area (Å²) >= 11 is 0. The van der Waals surface area contributed by atoms with Crippen molar-refractivity contribution in [2.75, 3.05) is 13.2 Å². The average molecular weight is 749 g/mol. The van der Waals surface area contributed by atoms with E-state index in [1.807, 2.05) is 19.1 Å². The highest BCUT2D eigenvalue weighted by atomic mass is 31.2. The Morgan fingerprint density at radius 2 is 1.74 bits per heavy atom. The highest BCUT2D eigenvalue weighted by molar-refractivity contribution is 7.68. The summed E-state index contributed by atoms with van der Waals surface area (Å²) in [6.45, 7) is 4.99. The van der Waals surface area contributed by atoms with Gasteiger partial charge >= 0.3 is 12.2 Å². The first-order chi connectivity index (χ1) is 25.5. The van der Waals surface area contributed by atoms with Crippen LogP contribution in [0.2, 0.25) is 0 Å². The minimum Gasteiger partial charge on any atom is -0.449 e. The Hall–Kier alpha value is -3.89. The SMILES string of the molecule is CC[C@H]1C[C@@]1(NC(=O)[C@@H]1C[C@@H]2CN1C(=O)[C@H](C1CCCC1)NC(=O)OC[C@@H](C)CCCCc1cccc3c1CN(C3)C(=O)O2)P(=O)(O)c1ccccc1. The zero-order valence-corrected chi connectivity index (χ0v) is 31.7. The number of aryl methyl sites for hydroxylation is 1. The molecule has 12 nitrogen and oxygen atoms in total. The standard InChI is InChI=1S/C40H53N4O8P/c1-3-30-21-40(30,53(49,50)32-18-5-4-6-19-32)42-36(45)34-20-31-23-44(34)37(46)35(28-14-9-10-15-28)41-38(47)51-25-26(2)12-7-8-13-27-16-11-17-29-22-43(24-33(27)29)39(48)52-31/h4-6,11,16-19,26,28,30-31,34-35H,3,7-10,12-15,20-25H2,1-2H3,(H,41,47)(H,42,45)(H,49,50)/t26-,30-,31+,34-,35-,40+/m0/s1. The number of nitrogens with one attached hydrogen (secondary N) is 2. The van der Waals surface area contributed by atoms with Crippen LogP contribution in [-0.4, -0.2) is 75.3 Å². The van der Waals surface area contributed by atoms with Crippen LogP contribution in [0.3, 0.4) is 0 Å². The van der Waals surface area contributed by atoms with E-state index in [1.54, 1.807) is 35.2 Å². The molecule has 2 aromatic rings. The molecule has 2 aliphatic carbocycles. The van der Waals surface area contributed by atoms with Gasteiger partial charge in [-0.05, 0) is 85.1 Å². The first kappa shape index (κ1) is 37.4. The fourth-order valence-electron chi connectivity index (χ4n) is 9.13. The number of hydrogen-bond donors (Lipinski definition) is 3. The second-order valence-electron chi connectivity index (χ2n) is 15.9. The van der Waals surface area contributed by atoms with Gasteiger partial charge < -0.3 is 29.9 Å². The molecule has 0 radical (unpaired) electrons. The Labute approximate surface area is 311 Å².